The van der Waals surface area contributed by atoms with Gasteiger partial charge in [0.25, 0.3) is 0 Å². The Hall–Kier alpha value is -1.05. The van der Waals surface area contributed by atoms with Crippen LogP contribution >= 0.6 is 0 Å². The van der Waals surface area contributed by atoms with E-state index in [9.17, 15) is 0 Å². The van der Waals surface area contributed by atoms with Crippen molar-refractivity contribution >= 4 is 5.71 Å². The van der Waals surface area contributed by atoms with Crippen LogP contribution in [0.1, 0.15) is 19.8 Å². The van der Waals surface area contributed by atoms with Gasteiger partial charge in [-0.15, -0.1) is 0 Å². The van der Waals surface area contributed by atoms with Gasteiger partial charge in [0.2, 0.25) is 0 Å². The predicted molar refractivity (Wildman–Crippen MR) is 45.8 cm³/mol. The molecule has 0 aliphatic heterocycles. The van der Waals surface area contributed by atoms with Gasteiger partial charge in [0.05, 0.1) is 12.9 Å². The zero-order chi connectivity index (χ0) is 8.27. The van der Waals surface area contributed by atoms with Crippen molar-refractivity contribution in [2.45, 2.75) is 19.8 Å². The van der Waals surface area contributed by atoms with Crippen LogP contribution in [0, 0.1) is 5.41 Å². The molecule has 0 amide bonds. The lowest BCUT2D eigenvalue weighted by Gasteiger charge is -2.12. The van der Waals surface area contributed by atoms with Crippen molar-refractivity contribution in [1.29, 1.82) is 5.41 Å². The maximum atomic E-state index is 7.37. The molecule has 1 rings (SSSR count). The Morgan fingerprint density at radius 1 is 1.45 bits per heavy atom. The van der Waals surface area contributed by atoms with Gasteiger partial charge in [0, 0.05) is 12.1 Å². The minimum absolute atomic E-state index is 0.663. The van der Waals surface area contributed by atoms with Gasteiger partial charge in [-0.25, -0.2) is 0 Å². The standard InChI is InChI=1S/C9H13NO/c1-7(10)8-3-5-9(11-2)6-4-8/h3,5,10H,4,6H2,1-2H3. The molecule has 0 spiro atoms. The first kappa shape index (κ1) is 8.05. The summed E-state index contributed by atoms with van der Waals surface area (Å²) in [7, 11) is 1.68. The molecule has 0 aromatic rings. The molecule has 60 valence electrons. The van der Waals surface area contributed by atoms with Gasteiger partial charge in [0.1, 0.15) is 0 Å². The van der Waals surface area contributed by atoms with E-state index in [1.165, 1.54) is 0 Å². The van der Waals surface area contributed by atoms with E-state index in [2.05, 4.69) is 0 Å². The minimum atomic E-state index is 0.663. The summed E-state index contributed by atoms with van der Waals surface area (Å²) in [5.41, 5.74) is 1.78. The zero-order valence-corrected chi connectivity index (χ0v) is 6.98. The molecule has 2 heteroatoms. The van der Waals surface area contributed by atoms with Crippen molar-refractivity contribution in [3.8, 4) is 0 Å². The van der Waals surface area contributed by atoms with Crippen molar-refractivity contribution in [3.05, 3.63) is 23.5 Å². The van der Waals surface area contributed by atoms with Gasteiger partial charge < -0.3 is 10.1 Å². The summed E-state index contributed by atoms with van der Waals surface area (Å²) in [6.07, 6.45) is 5.77. The summed E-state index contributed by atoms with van der Waals surface area (Å²) in [6, 6.07) is 0. The van der Waals surface area contributed by atoms with Gasteiger partial charge in [-0.1, -0.05) is 6.08 Å². The van der Waals surface area contributed by atoms with Crippen LogP contribution in [0.15, 0.2) is 23.5 Å². The maximum absolute atomic E-state index is 7.37. The van der Waals surface area contributed by atoms with Gasteiger partial charge >= 0.3 is 0 Å². The monoisotopic (exact) mass is 151 g/mol. The molecule has 0 atom stereocenters. The number of rotatable bonds is 2. The molecule has 0 aromatic heterocycles. The van der Waals surface area contributed by atoms with Crippen LogP contribution in [-0.4, -0.2) is 12.8 Å². The van der Waals surface area contributed by atoms with E-state index in [0.717, 1.165) is 24.2 Å². The van der Waals surface area contributed by atoms with Gasteiger partial charge in [-0.05, 0) is 25.0 Å². The number of hydrogen-bond acceptors (Lipinski definition) is 2. The summed E-state index contributed by atoms with van der Waals surface area (Å²) in [5, 5.41) is 7.37. The SMILES string of the molecule is COC1=CC=C(C(C)=N)CC1. The fourth-order valence-electron chi connectivity index (χ4n) is 1.10. The largest absolute Gasteiger partial charge is 0.501 e. The summed E-state index contributed by atoms with van der Waals surface area (Å²) in [4.78, 5) is 0. The molecule has 1 N–H and O–H groups in total. The highest BCUT2D eigenvalue weighted by molar-refractivity contribution is 5.96. The molecule has 1 aliphatic rings. The number of hydrogen-bond donors (Lipinski definition) is 1. The molecule has 2 nitrogen and oxygen atoms in total. The molecule has 0 aromatic carbocycles. The molecule has 0 heterocycles. The number of allylic oxidation sites excluding steroid dienone is 4. The second-order valence-electron chi connectivity index (χ2n) is 2.65. The highest BCUT2D eigenvalue weighted by Crippen LogP contribution is 2.18. The topological polar surface area (TPSA) is 33.1 Å². The molecule has 0 bridgehead atoms. The Morgan fingerprint density at radius 2 is 2.18 bits per heavy atom. The van der Waals surface area contributed by atoms with Gasteiger partial charge in [-0.3, -0.25) is 0 Å². The highest BCUT2D eigenvalue weighted by Gasteiger charge is 2.06. The first-order valence-electron chi connectivity index (χ1n) is 3.73. The minimum Gasteiger partial charge on any atom is -0.501 e. The molecule has 0 fully saturated rings. The summed E-state index contributed by atoms with van der Waals surface area (Å²) in [5.74, 6) is 1.01. The molecular formula is C9H13NO. The molecule has 11 heavy (non-hydrogen) atoms. The molecule has 0 unspecified atom stereocenters. The first-order valence-corrected chi connectivity index (χ1v) is 3.73. The van der Waals surface area contributed by atoms with E-state index in [1.54, 1.807) is 7.11 Å². The second-order valence-corrected chi connectivity index (χ2v) is 2.65. The number of nitrogens with one attached hydrogen (secondary N) is 1. The van der Waals surface area contributed by atoms with Crippen LogP contribution in [0.4, 0.5) is 0 Å². The van der Waals surface area contributed by atoms with Crippen LogP contribution in [0.5, 0.6) is 0 Å². The van der Waals surface area contributed by atoms with Crippen LogP contribution in [0.25, 0.3) is 0 Å². The third-order valence-electron chi connectivity index (χ3n) is 1.86. The van der Waals surface area contributed by atoms with Crippen molar-refractivity contribution < 1.29 is 4.74 Å². The normalized spacial score (nSPS) is 16.9. The van der Waals surface area contributed by atoms with Crippen LogP contribution in [0.3, 0.4) is 0 Å². The third kappa shape index (κ3) is 1.93. The molecular weight excluding hydrogens is 138 g/mol. The van der Waals surface area contributed by atoms with Crippen molar-refractivity contribution in [2.75, 3.05) is 7.11 Å². The van der Waals surface area contributed by atoms with Crippen molar-refractivity contribution in [3.63, 3.8) is 0 Å². The van der Waals surface area contributed by atoms with E-state index in [-0.39, 0.29) is 0 Å². The number of methoxy groups -OCH3 is 1. The quantitative estimate of drug-likeness (QED) is 0.603. The molecule has 0 saturated carbocycles. The average molecular weight is 151 g/mol. The Labute approximate surface area is 67.1 Å². The van der Waals surface area contributed by atoms with E-state index in [1.807, 2.05) is 19.1 Å². The molecule has 1 aliphatic carbocycles. The summed E-state index contributed by atoms with van der Waals surface area (Å²) >= 11 is 0. The van der Waals surface area contributed by atoms with E-state index in [4.69, 9.17) is 10.1 Å². The lowest BCUT2D eigenvalue weighted by Crippen LogP contribution is -2.01. The van der Waals surface area contributed by atoms with Crippen LogP contribution in [-0.2, 0) is 4.74 Å². The molecule has 0 saturated heterocycles. The lowest BCUT2D eigenvalue weighted by atomic mass is 10.0. The van der Waals surface area contributed by atoms with Crippen LogP contribution < -0.4 is 0 Å². The smallest absolute Gasteiger partial charge is 0.0958 e. The Bertz CT molecular complexity index is 226. The highest BCUT2D eigenvalue weighted by atomic mass is 16.5. The Balaban J connectivity index is 2.69. The number of ether oxygens (including phenoxy) is 1. The third-order valence-corrected chi connectivity index (χ3v) is 1.86. The predicted octanol–water partition coefficient (Wildman–Crippen LogP) is 2.28. The fourth-order valence-corrected chi connectivity index (χ4v) is 1.10. The lowest BCUT2D eigenvalue weighted by molar-refractivity contribution is 0.276. The van der Waals surface area contributed by atoms with E-state index in [0.29, 0.717) is 5.71 Å². The van der Waals surface area contributed by atoms with E-state index >= 15 is 0 Å². The fraction of sp³-hybridized carbons (Fsp3) is 0.444. The summed E-state index contributed by atoms with van der Waals surface area (Å²) < 4.78 is 5.07. The Morgan fingerprint density at radius 3 is 2.55 bits per heavy atom. The molecule has 0 radical (unpaired) electrons. The maximum Gasteiger partial charge on any atom is 0.0958 e. The van der Waals surface area contributed by atoms with Gasteiger partial charge in [0.15, 0.2) is 0 Å². The second kappa shape index (κ2) is 3.37. The van der Waals surface area contributed by atoms with Gasteiger partial charge in [-0.2, -0.15) is 0 Å². The zero-order valence-electron chi connectivity index (χ0n) is 6.98. The van der Waals surface area contributed by atoms with Crippen LogP contribution in [0.2, 0.25) is 0 Å². The first-order chi connectivity index (χ1) is 5.24. The average Bonchev–Trinajstić information content (AvgIpc) is 2.05. The Kier molecular flexibility index (Phi) is 2.47. The summed E-state index contributed by atoms with van der Waals surface area (Å²) in [6.45, 7) is 1.82. The van der Waals surface area contributed by atoms with Crippen molar-refractivity contribution in [2.24, 2.45) is 0 Å². The van der Waals surface area contributed by atoms with E-state index < -0.39 is 0 Å². The van der Waals surface area contributed by atoms with Crippen molar-refractivity contribution in [1.82, 2.24) is 0 Å².